The molecule has 0 aliphatic carbocycles. The lowest BCUT2D eigenvalue weighted by atomic mass is 9.93. The van der Waals surface area contributed by atoms with Gasteiger partial charge in [-0.3, -0.25) is 4.79 Å². The van der Waals surface area contributed by atoms with Crippen molar-refractivity contribution < 1.29 is 13.6 Å². The van der Waals surface area contributed by atoms with Crippen molar-refractivity contribution in [2.24, 2.45) is 5.92 Å². The number of benzene rings is 1. The Balaban J connectivity index is 2.04. The van der Waals surface area contributed by atoms with Crippen LogP contribution in [0.4, 0.5) is 8.78 Å². The van der Waals surface area contributed by atoms with Crippen LogP contribution in [0.5, 0.6) is 0 Å². The molecule has 0 aromatic heterocycles. The molecule has 5 heteroatoms. The van der Waals surface area contributed by atoms with E-state index in [1.165, 1.54) is 24.3 Å². The van der Waals surface area contributed by atoms with Crippen molar-refractivity contribution in [1.82, 2.24) is 10.2 Å². The smallest absolute Gasteiger partial charge is 0.347 e. The van der Waals surface area contributed by atoms with Crippen LogP contribution in [0.1, 0.15) is 18.9 Å². The number of nitrogens with one attached hydrogen (secondary N) is 1. The number of likely N-dealkylation sites (tertiary alicyclic amines) is 1. The molecule has 110 valence electrons. The van der Waals surface area contributed by atoms with Gasteiger partial charge in [0.25, 0.3) is 5.91 Å². The SMILES string of the molecule is C[C@H]1CN(C)CC[C@@H]1NC(=O)C(F)(F)c1ccccc1. The topological polar surface area (TPSA) is 32.3 Å². The summed E-state index contributed by atoms with van der Waals surface area (Å²) in [6.07, 6.45) is 0.703. The fourth-order valence-corrected chi connectivity index (χ4v) is 2.61. The van der Waals surface area contributed by atoms with Gasteiger partial charge in [0.1, 0.15) is 0 Å². The molecule has 20 heavy (non-hydrogen) atoms. The summed E-state index contributed by atoms with van der Waals surface area (Å²) in [5.41, 5.74) is -0.266. The van der Waals surface area contributed by atoms with Crippen LogP contribution in [0, 0.1) is 5.92 Å². The molecular weight excluding hydrogens is 262 g/mol. The summed E-state index contributed by atoms with van der Waals surface area (Å²) in [7, 11) is 1.99. The van der Waals surface area contributed by atoms with Crippen molar-refractivity contribution >= 4 is 5.91 Å². The van der Waals surface area contributed by atoms with Gasteiger partial charge in [0, 0.05) is 18.2 Å². The number of rotatable bonds is 3. The number of carbonyl (C=O) groups excluding carboxylic acids is 1. The highest BCUT2D eigenvalue weighted by Gasteiger charge is 2.42. The first kappa shape index (κ1) is 14.9. The molecule has 1 saturated heterocycles. The lowest BCUT2D eigenvalue weighted by Gasteiger charge is -2.35. The summed E-state index contributed by atoms with van der Waals surface area (Å²) >= 11 is 0. The van der Waals surface area contributed by atoms with Crippen LogP contribution in [0.25, 0.3) is 0 Å². The van der Waals surface area contributed by atoms with E-state index in [1.54, 1.807) is 6.07 Å². The van der Waals surface area contributed by atoms with E-state index in [9.17, 15) is 13.6 Å². The number of halogens is 2. The largest absolute Gasteiger partial charge is 0.349 e. The van der Waals surface area contributed by atoms with Gasteiger partial charge in [-0.2, -0.15) is 8.78 Å². The van der Waals surface area contributed by atoms with Crippen LogP contribution in [-0.4, -0.2) is 37.0 Å². The molecule has 1 fully saturated rings. The first-order valence-corrected chi connectivity index (χ1v) is 6.84. The molecule has 2 atom stereocenters. The molecule has 1 aromatic carbocycles. The quantitative estimate of drug-likeness (QED) is 0.922. The predicted octanol–water partition coefficient (Wildman–Crippen LogP) is 2.23. The van der Waals surface area contributed by atoms with E-state index in [2.05, 4.69) is 10.2 Å². The Labute approximate surface area is 118 Å². The number of piperidine rings is 1. The zero-order valence-corrected chi connectivity index (χ0v) is 11.8. The van der Waals surface area contributed by atoms with E-state index in [-0.39, 0.29) is 17.5 Å². The van der Waals surface area contributed by atoms with Crippen LogP contribution in [0.2, 0.25) is 0 Å². The van der Waals surface area contributed by atoms with Crippen LogP contribution in [0.3, 0.4) is 0 Å². The first-order chi connectivity index (χ1) is 9.41. The van der Waals surface area contributed by atoms with E-state index >= 15 is 0 Å². The molecule has 0 unspecified atom stereocenters. The lowest BCUT2D eigenvalue weighted by molar-refractivity contribution is -0.148. The zero-order valence-electron chi connectivity index (χ0n) is 11.8. The molecule has 3 nitrogen and oxygen atoms in total. The molecule has 1 N–H and O–H groups in total. The number of alkyl halides is 2. The molecule has 0 radical (unpaired) electrons. The van der Waals surface area contributed by atoms with E-state index in [0.29, 0.717) is 6.42 Å². The predicted molar refractivity (Wildman–Crippen MR) is 73.5 cm³/mol. The van der Waals surface area contributed by atoms with Gasteiger partial charge in [-0.25, -0.2) is 0 Å². The molecule has 2 rings (SSSR count). The molecule has 1 aromatic rings. The number of hydrogen-bond acceptors (Lipinski definition) is 2. The summed E-state index contributed by atoms with van der Waals surface area (Å²) in [6, 6.07) is 7.03. The molecule has 1 aliphatic heterocycles. The number of nitrogens with zero attached hydrogens (tertiary/aromatic N) is 1. The molecule has 0 saturated carbocycles. The maximum atomic E-state index is 14.1. The third kappa shape index (κ3) is 3.15. The molecule has 1 aliphatic rings. The highest BCUT2D eigenvalue weighted by Crippen LogP contribution is 2.28. The highest BCUT2D eigenvalue weighted by atomic mass is 19.3. The second-order valence-corrected chi connectivity index (χ2v) is 5.55. The minimum atomic E-state index is -3.48. The molecule has 0 spiro atoms. The Kier molecular flexibility index (Phi) is 4.38. The fraction of sp³-hybridized carbons (Fsp3) is 0.533. The van der Waals surface area contributed by atoms with Crippen LogP contribution in [-0.2, 0) is 10.7 Å². The van der Waals surface area contributed by atoms with Gasteiger partial charge >= 0.3 is 5.92 Å². The molecule has 1 amide bonds. The Morgan fingerprint density at radius 2 is 2.00 bits per heavy atom. The number of amides is 1. The summed E-state index contributed by atoms with van der Waals surface area (Å²) in [6.45, 7) is 3.59. The van der Waals surface area contributed by atoms with Crippen LogP contribution in [0.15, 0.2) is 30.3 Å². The van der Waals surface area contributed by atoms with Crippen LogP contribution < -0.4 is 5.32 Å². The summed E-state index contributed by atoms with van der Waals surface area (Å²) in [5.74, 6) is -4.51. The van der Waals surface area contributed by atoms with Crippen molar-refractivity contribution in [2.45, 2.75) is 25.3 Å². The third-order valence-electron chi connectivity index (χ3n) is 3.85. The monoisotopic (exact) mass is 282 g/mol. The average Bonchev–Trinajstić information content (AvgIpc) is 2.42. The zero-order chi connectivity index (χ0) is 14.8. The highest BCUT2D eigenvalue weighted by molar-refractivity contribution is 5.85. The van der Waals surface area contributed by atoms with Crippen molar-refractivity contribution in [3.63, 3.8) is 0 Å². The minimum absolute atomic E-state index is 0.171. The second kappa shape index (κ2) is 5.87. The van der Waals surface area contributed by atoms with Crippen molar-refractivity contribution in [3.8, 4) is 0 Å². The van der Waals surface area contributed by atoms with E-state index < -0.39 is 11.8 Å². The average molecular weight is 282 g/mol. The molecular formula is C15H20F2N2O. The van der Waals surface area contributed by atoms with Gasteiger partial charge < -0.3 is 10.2 Å². The molecule has 1 heterocycles. The van der Waals surface area contributed by atoms with Gasteiger partial charge in [0.15, 0.2) is 0 Å². The van der Waals surface area contributed by atoms with Gasteiger partial charge in [0.05, 0.1) is 0 Å². The maximum absolute atomic E-state index is 14.1. The Hall–Kier alpha value is -1.49. The summed E-state index contributed by atoms with van der Waals surface area (Å²) < 4.78 is 28.2. The summed E-state index contributed by atoms with van der Waals surface area (Å²) in [5, 5.41) is 2.51. The van der Waals surface area contributed by atoms with Crippen molar-refractivity contribution in [1.29, 1.82) is 0 Å². The van der Waals surface area contributed by atoms with Gasteiger partial charge in [-0.15, -0.1) is 0 Å². The first-order valence-electron chi connectivity index (χ1n) is 6.84. The van der Waals surface area contributed by atoms with Crippen molar-refractivity contribution in [3.05, 3.63) is 35.9 Å². The standard InChI is InChI=1S/C15H20F2N2O/c1-11-10-19(2)9-8-13(11)18-14(20)15(16,17)12-6-4-3-5-7-12/h3-7,11,13H,8-10H2,1-2H3,(H,18,20)/t11-,13-/m0/s1. The van der Waals surface area contributed by atoms with Gasteiger partial charge in [-0.05, 0) is 25.9 Å². The fourth-order valence-electron chi connectivity index (χ4n) is 2.61. The van der Waals surface area contributed by atoms with Gasteiger partial charge in [-0.1, -0.05) is 37.3 Å². The van der Waals surface area contributed by atoms with Crippen LogP contribution >= 0.6 is 0 Å². The van der Waals surface area contributed by atoms with Gasteiger partial charge in [0.2, 0.25) is 0 Å². The summed E-state index contributed by atoms with van der Waals surface area (Å²) in [4.78, 5) is 14.0. The Morgan fingerprint density at radius 3 is 2.60 bits per heavy atom. The number of carbonyl (C=O) groups is 1. The van der Waals surface area contributed by atoms with E-state index in [0.717, 1.165) is 13.1 Å². The Morgan fingerprint density at radius 1 is 1.35 bits per heavy atom. The normalized spacial score (nSPS) is 24.4. The van der Waals surface area contributed by atoms with E-state index in [1.807, 2.05) is 14.0 Å². The maximum Gasteiger partial charge on any atom is 0.349 e. The van der Waals surface area contributed by atoms with E-state index in [4.69, 9.17) is 0 Å². The van der Waals surface area contributed by atoms with Crippen molar-refractivity contribution in [2.75, 3.05) is 20.1 Å². The molecule has 0 bridgehead atoms. The Bertz CT molecular complexity index is 464. The third-order valence-corrected chi connectivity index (χ3v) is 3.85. The minimum Gasteiger partial charge on any atom is -0.347 e. The lowest BCUT2D eigenvalue weighted by Crippen LogP contribution is -2.52. The second-order valence-electron chi connectivity index (χ2n) is 5.55. The number of hydrogen-bond donors (Lipinski definition) is 1.